The Morgan fingerprint density at radius 3 is 2.59 bits per heavy atom. The summed E-state index contributed by atoms with van der Waals surface area (Å²) in [5.74, 6) is 0.396. The molecule has 10 nitrogen and oxygen atoms in total. The standard InChI is InChI=1S/C35H54FN5O5/c1-35(2,3)46-34(44)39-23-10-12-40(18-23)30-26(36)15-24-29-32(30)45-28-14-22-9-5-4-8-21(22)13-27(28)41(29)19-25(31(24)42)33(43)38-17-20-7-6-11-37-16-20/h19-24,26-30,32,37H,4-18H2,1-3H3,(H,38,43)(H,39,44). The van der Waals surface area contributed by atoms with Crippen LogP contribution in [-0.2, 0) is 19.1 Å². The predicted molar refractivity (Wildman–Crippen MR) is 171 cm³/mol. The Morgan fingerprint density at radius 1 is 1.07 bits per heavy atom. The van der Waals surface area contributed by atoms with Crippen molar-refractivity contribution in [2.45, 2.75) is 133 Å². The molecule has 11 heteroatoms. The lowest BCUT2D eigenvalue weighted by Crippen LogP contribution is -2.73. The Hall–Kier alpha value is -2.24. The number of nitrogens with one attached hydrogen (secondary N) is 3. The second-order valence-electron chi connectivity index (χ2n) is 16.2. The lowest BCUT2D eigenvalue weighted by molar-refractivity contribution is -0.219. The zero-order valence-electron chi connectivity index (χ0n) is 27.8. The minimum absolute atomic E-state index is 0.0607. The molecule has 11 unspecified atom stereocenters. The first-order valence-corrected chi connectivity index (χ1v) is 18.1. The molecule has 3 aliphatic carbocycles. The van der Waals surface area contributed by atoms with Crippen molar-refractivity contribution in [3.63, 3.8) is 0 Å². The largest absolute Gasteiger partial charge is 0.444 e. The molecule has 0 radical (unpaired) electrons. The quantitative estimate of drug-likeness (QED) is 0.392. The highest BCUT2D eigenvalue weighted by atomic mass is 19.1. The molecule has 0 aromatic heterocycles. The molecule has 6 fully saturated rings. The van der Waals surface area contributed by atoms with Crippen molar-refractivity contribution in [3.05, 3.63) is 11.8 Å². The number of rotatable bonds is 5. The summed E-state index contributed by atoms with van der Waals surface area (Å²) in [6.45, 7) is 9.06. The van der Waals surface area contributed by atoms with Crippen molar-refractivity contribution in [2.75, 3.05) is 32.7 Å². The minimum Gasteiger partial charge on any atom is -0.444 e. The smallest absolute Gasteiger partial charge is 0.407 e. The Kier molecular flexibility index (Phi) is 9.13. The Morgan fingerprint density at radius 2 is 1.85 bits per heavy atom. The summed E-state index contributed by atoms with van der Waals surface area (Å²) in [6.07, 6.45) is 9.35. The number of hydrogen-bond acceptors (Lipinski definition) is 8. The van der Waals surface area contributed by atoms with E-state index in [2.05, 4.69) is 25.8 Å². The second kappa shape index (κ2) is 13.0. The highest BCUT2D eigenvalue weighted by molar-refractivity contribution is 6.20. The van der Waals surface area contributed by atoms with E-state index in [1.165, 1.54) is 25.7 Å². The number of carbonyl (C=O) groups excluding carboxylic acids is 3. The maximum atomic E-state index is 16.5. The van der Waals surface area contributed by atoms with Gasteiger partial charge in [0.1, 0.15) is 11.8 Å². The molecule has 7 aliphatic rings. The number of ketones is 1. The average molecular weight is 644 g/mol. The average Bonchev–Trinajstić information content (AvgIpc) is 3.47. The number of halogens is 1. The molecular formula is C35H54FN5O5. The van der Waals surface area contributed by atoms with E-state index in [0.717, 1.165) is 38.8 Å². The van der Waals surface area contributed by atoms with Crippen molar-refractivity contribution >= 4 is 17.8 Å². The van der Waals surface area contributed by atoms with E-state index >= 15 is 4.39 Å². The molecule has 7 rings (SSSR count). The number of nitrogens with zero attached hydrogens (tertiary/aromatic N) is 2. The molecule has 46 heavy (non-hydrogen) atoms. The van der Waals surface area contributed by atoms with E-state index < -0.39 is 35.9 Å². The van der Waals surface area contributed by atoms with Crippen molar-refractivity contribution in [3.8, 4) is 0 Å². The van der Waals surface area contributed by atoms with Crippen LogP contribution in [0.25, 0.3) is 0 Å². The number of carbonyl (C=O) groups is 3. The van der Waals surface area contributed by atoms with Crippen LogP contribution in [0, 0.1) is 23.7 Å². The first kappa shape index (κ1) is 32.3. The van der Waals surface area contributed by atoms with E-state index in [4.69, 9.17) is 9.47 Å². The first-order valence-electron chi connectivity index (χ1n) is 18.1. The number of fused-ring (bicyclic) bond motifs is 3. The van der Waals surface area contributed by atoms with E-state index in [9.17, 15) is 14.4 Å². The fourth-order valence-electron chi connectivity index (χ4n) is 9.95. The molecule has 3 saturated heterocycles. The Labute approximate surface area is 272 Å². The molecule has 4 aliphatic heterocycles. The summed E-state index contributed by atoms with van der Waals surface area (Å²) >= 11 is 0. The maximum absolute atomic E-state index is 16.5. The van der Waals surface area contributed by atoms with Gasteiger partial charge in [0.2, 0.25) is 0 Å². The van der Waals surface area contributed by atoms with Crippen LogP contribution in [0.1, 0.15) is 85.0 Å². The maximum Gasteiger partial charge on any atom is 0.407 e. The molecule has 2 amide bonds. The molecule has 0 bridgehead atoms. The van der Waals surface area contributed by atoms with Crippen LogP contribution < -0.4 is 16.0 Å². The van der Waals surface area contributed by atoms with Gasteiger partial charge in [-0.1, -0.05) is 25.7 Å². The molecule has 0 spiro atoms. The molecule has 4 heterocycles. The lowest BCUT2D eigenvalue weighted by atomic mass is 9.64. The van der Waals surface area contributed by atoms with E-state index in [1.807, 2.05) is 27.0 Å². The van der Waals surface area contributed by atoms with Gasteiger partial charge in [-0.3, -0.25) is 14.5 Å². The van der Waals surface area contributed by atoms with E-state index in [0.29, 0.717) is 43.8 Å². The summed E-state index contributed by atoms with van der Waals surface area (Å²) in [7, 11) is 0. The highest BCUT2D eigenvalue weighted by Gasteiger charge is 2.61. The molecule has 0 aromatic carbocycles. The number of ether oxygens (including phenoxy) is 2. The van der Waals surface area contributed by atoms with Crippen LogP contribution in [-0.4, -0.2) is 108 Å². The van der Waals surface area contributed by atoms with Crippen molar-refractivity contribution in [1.29, 1.82) is 0 Å². The van der Waals surface area contributed by atoms with Gasteiger partial charge in [0, 0.05) is 37.8 Å². The van der Waals surface area contributed by atoms with Gasteiger partial charge in [0.25, 0.3) is 5.91 Å². The SMILES string of the molecule is CC(C)(C)OC(=O)NC1CCN(C2C(F)CC3C(=O)C(C(=O)NCC4CCCNC4)=CN4C5CC6CCCCC6CC5OC2C34)C1. The molecule has 256 valence electrons. The highest BCUT2D eigenvalue weighted by Crippen LogP contribution is 2.51. The van der Waals surface area contributed by atoms with Crippen LogP contribution in [0.3, 0.4) is 0 Å². The second-order valence-corrected chi connectivity index (χ2v) is 16.2. The van der Waals surface area contributed by atoms with Gasteiger partial charge in [-0.15, -0.1) is 0 Å². The molecule has 11 atom stereocenters. The monoisotopic (exact) mass is 643 g/mol. The van der Waals surface area contributed by atoms with Crippen LogP contribution in [0.4, 0.5) is 9.18 Å². The summed E-state index contributed by atoms with van der Waals surface area (Å²) in [5.41, 5.74) is -0.411. The Balaban J connectivity index is 1.13. The third kappa shape index (κ3) is 6.44. The van der Waals surface area contributed by atoms with Crippen molar-refractivity contribution < 1.29 is 28.2 Å². The van der Waals surface area contributed by atoms with Gasteiger partial charge in [-0.25, -0.2) is 9.18 Å². The molecule has 3 saturated carbocycles. The van der Waals surface area contributed by atoms with Crippen LogP contribution >= 0.6 is 0 Å². The number of likely N-dealkylation sites (tertiary alicyclic amines) is 1. The van der Waals surface area contributed by atoms with Crippen LogP contribution in [0.2, 0.25) is 0 Å². The van der Waals surface area contributed by atoms with E-state index in [1.54, 1.807) is 0 Å². The summed E-state index contributed by atoms with van der Waals surface area (Å²) in [4.78, 5) is 44.6. The predicted octanol–water partition coefficient (Wildman–Crippen LogP) is 3.30. The number of morpholine rings is 1. The number of alkyl carbamates (subject to hydrolysis) is 1. The van der Waals surface area contributed by atoms with Crippen LogP contribution in [0.5, 0.6) is 0 Å². The zero-order valence-corrected chi connectivity index (χ0v) is 27.8. The number of piperidine rings is 1. The van der Waals surface area contributed by atoms with Crippen LogP contribution in [0.15, 0.2) is 11.8 Å². The molecule has 0 aromatic rings. The van der Waals surface area contributed by atoms with Gasteiger partial charge in [-0.05, 0) is 90.1 Å². The minimum atomic E-state index is -1.28. The van der Waals surface area contributed by atoms with Gasteiger partial charge >= 0.3 is 6.09 Å². The number of alkyl halides is 1. The number of hydrogen-bond donors (Lipinski definition) is 3. The molecule has 3 N–H and O–H groups in total. The summed E-state index contributed by atoms with van der Waals surface area (Å²) < 4.78 is 29.0. The number of Topliss-reactive ketones (excluding diaryl/α,β-unsaturated/α-hetero) is 1. The fourth-order valence-corrected chi connectivity index (χ4v) is 9.95. The Bertz CT molecular complexity index is 1200. The van der Waals surface area contributed by atoms with E-state index in [-0.39, 0.29) is 47.9 Å². The molecular weight excluding hydrogens is 589 g/mol. The normalized spacial score (nSPS) is 41.0. The number of amides is 2. The summed E-state index contributed by atoms with van der Waals surface area (Å²) in [6, 6.07) is -0.886. The first-order chi connectivity index (χ1) is 22.1. The lowest BCUT2D eigenvalue weighted by Gasteiger charge is -2.61. The zero-order chi connectivity index (χ0) is 32.2. The third-order valence-corrected chi connectivity index (χ3v) is 12.0. The summed E-state index contributed by atoms with van der Waals surface area (Å²) in [5, 5.41) is 9.44. The van der Waals surface area contributed by atoms with Crippen molar-refractivity contribution in [1.82, 2.24) is 25.8 Å². The van der Waals surface area contributed by atoms with Gasteiger partial charge in [0.05, 0.1) is 35.9 Å². The van der Waals surface area contributed by atoms with Gasteiger partial charge in [-0.2, -0.15) is 0 Å². The van der Waals surface area contributed by atoms with Gasteiger partial charge in [0.15, 0.2) is 5.78 Å². The van der Waals surface area contributed by atoms with Gasteiger partial charge < -0.3 is 30.3 Å². The third-order valence-electron chi connectivity index (χ3n) is 12.0. The topological polar surface area (TPSA) is 112 Å². The van der Waals surface area contributed by atoms with Crippen molar-refractivity contribution in [2.24, 2.45) is 23.7 Å². The fraction of sp³-hybridized carbons (Fsp3) is 0.857.